The Labute approximate surface area is 204 Å². The average molecular weight is 546 g/mol. The van der Waals surface area contributed by atoms with E-state index in [0.29, 0.717) is 12.6 Å². The second-order valence-corrected chi connectivity index (χ2v) is 8.26. The molecule has 3 rings (SSSR count). The van der Waals surface area contributed by atoms with E-state index in [-0.39, 0.29) is 30.1 Å². The van der Waals surface area contributed by atoms with Crippen molar-refractivity contribution in [2.24, 2.45) is 4.99 Å². The predicted molar refractivity (Wildman–Crippen MR) is 138 cm³/mol. The summed E-state index contributed by atoms with van der Waals surface area (Å²) < 4.78 is 11.6. The lowest BCUT2D eigenvalue weighted by Crippen LogP contribution is -2.41. The van der Waals surface area contributed by atoms with Gasteiger partial charge in [0.1, 0.15) is 5.82 Å². The first kappa shape index (κ1) is 26.1. The van der Waals surface area contributed by atoms with Gasteiger partial charge in [0.25, 0.3) is 0 Å². The Kier molecular flexibility index (Phi) is 12.5. The molecule has 0 radical (unpaired) electrons. The summed E-state index contributed by atoms with van der Waals surface area (Å²) in [5.41, 5.74) is 1.16. The van der Waals surface area contributed by atoms with Gasteiger partial charge in [-0.3, -0.25) is 0 Å². The molecule has 2 N–H and O–H groups in total. The summed E-state index contributed by atoms with van der Waals surface area (Å²) in [6.45, 7) is 9.88. The Morgan fingerprint density at radius 2 is 2.13 bits per heavy atom. The molecular formula is C23H40IN5O2. The van der Waals surface area contributed by atoms with Crippen molar-refractivity contribution in [2.75, 3.05) is 44.3 Å². The lowest BCUT2D eigenvalue weighted by molar-refractivity contribution is 0.0277. The zero-order valence-electron chi connectivity index (χ0n) is 19.1. The van der Waals surface area contributed by atoms with Gasteiger partial charge in [-0.2, -0.15) is 0 Å². The minimum atomic E-state index is 0. The van der Waals surface area contributed by atoms with Crippen molar-refractivity contribution in [3.8, 4) is 0 Å². The van der Waals surface area contributed by atoms with Gasteiger partial charge >= 0.3 is 0 Å². The van der Waals surface area contributed by atoms with E-state index in [0.717, 1.165) is 63.2 Å². The van der Waals surface area contributed by atoms with Gasteiger partial charge in [-0.25, -0.2) is 9.98 Å². The molecule has 1 aromatic heterocycles. The van der Waals surface area contributed by atoms with Crippen LogP contribution < -0.4 is 15.5 Å². The maximum atomic E-state index is 6.01. The minimum absolute atomic E-state index is 0. The molecule has 1 aliphatic carbocycles. The van der Waals surface area contributed by atoms with E-state index in [4.69, 9.17) is 14.5 Å². The van der Waals surface area contributed by atoms with Gasteiger partial charge in [0.05, 0.1) is 25.4 Å². The van der Waals surface area contributed by atoms with E-state index in [1.165, 1.54) is 32.1 Å². The molecule has 7 nitrogen and oxygen atoms in total. The van der Waals surface area contributed by atoms with Gasteiger partial charge in [-0.05, 0) is 50.8 Å². The number of hydrogen-bond acceptors (Lipinski definition) is 5. The summed E-state index contributed by atoms with van der Waals surface area (Å²) in [7, 11) is 0. The normalized spacial score (nSPS) is 20.3. The lowest BCUT2D eigenvalue weighted by atomic mass is 9.98. The summed E-state index contributed by atoms with van der Waals surface area (Å²) >= 11 is 0. The Morgan fingerprint density at radius 3 is 2.90 bits per heavy atom. The third-order valence-electron chi connectivity index (χ3n) is 5.66. The van der Waals surface area contributed by atoms with Crippen LogP contribution in [-0.2, 0) is 16.0 Å². The summed E-state index contributed by atoms with van der Waals surface area (Å²) in [6, 6.07) is 4.18. The van der Waals surface area contributed by atoms with Crippen molar-refractivity contribution in [3.05, 3.63) is 23.9 Å². The highest BCUT2D eigenvalue weighted by molar-refractivity contribution is 14.0. The summed E-state index contributed by atoms with van der Waals surface area (Å²) in [5.74, 6) is 1.86. The van der Waals surface area contributed by atoms with Crippen LogP contribution in [0.3, 0.4) is 0 Å². The molecule has 1 saturated heterocycles. The minimum Gasteiger partial charge on any atom is -0.378 e. The Balaban J connectivity index is 0.00000341. The molecule has 2 fully saturated rings. The zero-order valence-corrected chi connectivity index (χ0v) is 21.5. The number of ether oxygens (including phenoxy) is 2. The van der Waals surface area contributed by atoms with Crippen LogP contribution in [0.5, 0.6) is 0 Å². The number of anilines is 1. The number of halogens is 1. The first-order chi connectivity index (χ1) is 14.7. The Morgan fingerprint density at radius 1 is 1.29 bits per heavy atom. The van der Waals surface area contributed by atoms with E-state index < -0.39 is 0 Å². The predicted octanol–water partition coefficient (Wildman–Crippen LogP) is 3.72. The molecule has 176 valence electrons. The van der Waals surface area contributed by atoms with Crippen molar-refractivity contribution in [3.63, 3.8) is 0 Å². The maximum Gasteiger partial charge on any atom is 0.191 e. The van der Waals surface area contributed by atoms with Crippen molar-refractivity contribution < 1.29 is 9.47 Å². The number of nitrogens with one attached hydrogen (secondary N) is 2. The molecule has 8 heteroatoms. The SMILES string of the molecule is CCNC(=NCc1ccnc(N2CCOC(C)C2)c1)NCCCOC1CCCCC1.I. The van der Waals surface area contributed by atoms with Crippen LogP contribution >= 0.6 is 24.0 Å². The fourth-order valence-electron chi connectivity index (χ4n) is 4.03. The summed E-state index contributed by atoms with van der Waals surface area (Å²) in [6.07, 6.45) is 10.1. The number of nitrogens with zero attached hydrogens (tertiary/aromatic N) is 3. The standard InChI is InChI=1S/C23H39N5O2.HI/c1-3-24-23(26-11-7-14-30-21-8-5-4-6-9-21)27-17-20-10-12-25-22(16-20)28-13-15-29-19(2)18-28;/h10,12,16,19,21H,3-9,11,13-15,17-18H2,1-2H3,(H2,24,26,27);1H. The molecule has 2 heterocycles. The lowest BCUT2D eigenvalue weighted by Gasteiger charge is -2.32. The van der Waals surface area contributed by atoms with E-state index in [9.17, 15) is 0 Å². The molecule has 2 aliphatic rings. The molecule has 0 spiro atoms. The topological polar surface area (TPSA) is 71.0 Å². The fourth-order valence-corrected chi connectivity index (χ4v) is 4.03. The third kappa shape index (κ3) is 9.49. The van der Waals surface area contributed by atoms with Gasteiger partial charge in [0.2, 0.25) is 0 Å². The van der Waals surface area contributed by atoms with Crippen LogP contribution in [0.1, 0.15) is 57.9 Å². The highest BCUT2D eigenvalue weighted by Gasteiger charge is 2.18. The molecule has 0 aromatic carbocycles. The van der Waals surface area contributed by atoms with Crippen molar-refractivity contribution >= 4 is 35.8 Å². The number of aliphatic imine (C=N–C) groups is 1. The average Bonchev–Trinajstić information content (AvgIpc) is 2.78. The molecule has 1 atom stereocenters. The number of guanidine groups is 1. The van der Waals surface area contributed by atoms with E-state index in [1.807, 2.05) is 12.3 Å². The number of hydrogen-bond donors (Lipinski definition) is 2. The van der Waals surface area contributed by atoms with E-state index in [1.54, 1.807) is 0 Å². The number of aromatic nitrogens is 1. The fraction of sp³-hybridized carbons (Fsp3) is 0.739. The summed E-state index contributed by atoms with van der Waals surface area (Å²) in [4.78, 5) is 11.6. The largest absolute Gasteiger partial charge is 0.378 e. The molecule has 1 aromatic rings. The van der Waals surface area contributed by atoms with Crippen LogP contribution in [0, 0.1) is 0 Å². The Hall–Kier alpha value is -1.13. The van der Waals surface area contributed by atoms with Crippen molar-refractivity contribution in [2.45, 2.75) is 71.1 Å². The third-order valence-corrected chi connectivity index (χ3v) is 5.66. The molecule has 0 bridgehead atoms. The Bertz CT molecular complexity index is 655. The molecule has 1 saturated carbocycles. The van der Waals surface area contributed by atoms with E-state index >= 15 is 0 Å². The van der Waals surface area contributed by atoms with Crippen molar-refractivity contribution in [1.29, 1.82) is 0 Å². The number of pyridine rings is 1. The second-order valence-electron chi connectivity index (χ2n) is 8.26. The maximum absolute atomic E-state index is 6.01. The quantitative estimate of drug-likeness (QED) is 0.214. The van der Waals surface area contributed by atoms with Crippen LogP contribution in [0.25, 0.3) is 0 Å². The highest BCUT2D eigenvalue weighted by atomic mass is 127. The first-order valence-electron chi connectivity index (χ1n) is 11.7. The van der Waals surface area contributed by atoms with Crippen LogP contribution in [0.15, 0.2) is 23.3 Å². The van der Waals surface area contributed by atoms with Gasteiger partial charge in [0.15, 0.2) is 5.96 Å². The monoisotopic (exact) mass is 545 g/mol. The van der Waals surface area contributed by atoms with Crippen molar-refractivity contribution in [1.82, 2.24) is 15.6 Å². The number of rotatable bonds is 9. The molecule has 31 heavy (non-hydrogen) atoms. The molecule has 1 unspecified atom stereocenters. The number of morpholine rings is 1. The molecule has 1 aliphatic heterocycles. The van der Waals surface area contributed by atoms with Gasteiger partial charge < -0.3 is 25.0 Å². The van der Waals surface area contributed by atoms with E-state index in [2.05, 4.69) is 40.4 Å². The van der Waals surface area contributed by atoms with Crippen LogP contribution in [0.4, 0.5) is 5.82 Å². The second kappa shape index (κ2) is 14.8. The summed E-state index contributed by atoms with van der Waals surface area (Å²) in [5, 5.41) is 6.76. The van der Waals surface area contributed by atoms with Crippen LogP contribution in [-0.4, -0.2) is 62.5 Å². The first-order valence-corrected chi connectivity index (χ1v) is 11.7. The van der Waals surface area contributed by atoms with Crippen LogP contribution in [0.2, 0.25) is 0 Å². The van der Waals surface area contributed by atoms with Gasteiger partial charge in [-0.15, -0.1) is 24.0 Å². The smallest absolute Gasteiger partial charge is 0.191 e. The molecular weight excluding hydrogens is 505 g/mol. The van der Waals surface area contributed by atoms with Gasteiger partial charge in [0, 0.05) is 39.0 Å². The highest BCUT2D eigenvalue weighted by Crippen LogP contribution is 2.20. The molecule has 0 amide bonds. The zero-order chi connectivity index (χ0) is 21.0. The van der Waals surface area contributed by atoms with Gasteiger partial charge in [-0.1, -0.05) is 19.3 Å².